The highest BCUT2D eigenvalue weighted by Gasteiger charge is 2.15. The number of nitrogens with one attached hydrogen (secondary N) is 1. The van der Waals surface area contributed by atoms with E-state index in [0.717, 1.165) is 17.7 Å². The molecule has 4 nitrogen and oxygen atoms in total. The molecule has 0 aliphatic rings. The summed E-state index contributed by atoms with van der Waals surface area (Å²) in [4.78, 5) is 15.0. The fraction of sp³-hybridized carbons (Fsp3) is 0.429. The lowest BCUT2D eigenvalue weighted by Gasteiger charge is -2.13. The van der Waals surface area contributed by atoms with Crippen LogP contribution in [0, 0.1) is 6.57 Å². The van der Waals surface area contributed by atoms with Gasteiger partial charge in [-0.2, -0.15) is 11.8 Å². The van der Waals surface area contributed by atoms with Crippen molar-refractivity contribution in [3.05, 3.63) is 47.3 Å². The smallest absolute Gasteiger partial charge is 0.407 e. The number of benzene rings is 1. The van der Waals surface area contributed by atoms with Crippen molar-refractivity contribution in [1.29, 1.82) is 0 Å². The molecule has 1 amide bonds. The molecule has 1 rings (SSSR count). The Hall–Kier alpha value is -1.67. The molecule has 19 heavy (non-hydrogen) atoms. The van der Waals surface area contributed by atoms with E-state index < -0.39 is 6.09 Å². The van der Waals surface area contributed by atoms with E-state index in [2.05, 4.69) is 10.2 Å². The topological polar surface area (TPSA) is 42.7 Å². The fourth-order valence-electron chi connectivity index (χ4n) is 1.51. The van der Waals surface area contributed by atoms with Gasteiger partial charge in [0.1, 0.15) is 12.6 Å². The van der Waals surface area contributed by atoms with Gasteiger partial charge in [0, 0.05) is 0 Å². The first-order chi connectivity index (χ1) is 9.26. The number of rotatable bonds is 7. The highest BCUT2D eigenvalue weighted by atomic mass is 32.2. The number of hydrogen-bond donors (Lipinski definition) is 1. The van der Waals surface area contributed by atoms with E-state index >= 15 is 0 Å². The third-order valence-electron chi connectivity index (χ3n) is 2.52. The number of amides is 1. The third-order valence-corrected chi connectivity index (χ3v) is 3.16. The molecule has 102 valence electrons. The number of alkyl carbamates (subject to hydrolysis) is 1. The van der Waals surface area contributed by atoms with Gasteiger partial charge in [-0.3, -0.25) is 0 Å². The minimum absolute atomic E-state index is 0.131. The molecule has 0 aliphatic carbocycles. The quantitative estimate of drug-likeness (QED) is 0.780. The summed E-state index contributed by atoms with van der Waals surface area (Å²) in [5.41, 5.74) is 0.948. The minimum Gasteiger partial charge on any atom is -0.445 e. The monoisotopic (exact) mass is 278 g/mol. The molecule has 0 spiro atoms. The van der Waals surface area contributed by atoms with Crippen LogP contribution >= 0.6 is 11.8 Å². The van der Waals surface area contributed by atoms with Crippen LogP contribution in [0.3, 0.4) is 0 Å². The van der Waals surface area contributed by atoms with Gasteiger partial charge in [0.25, 0.3) is 0 Å². The van der Waals surface area contributed by atoms with E-state index in [-0.39, 0.29) is 12.6 Å². The maximum atomic E-state index is 11.6. The SMILES string of the molecule is [C-]#[N+]CC(CCSC)NC(=O)OCc1ccccc1. The number of nitrogens with zero attached hydrogens (tertiary/aromatic N) is 1. The summed E-state index contributed by atoms with van der Waals surface area (Å²) in [5.74, 6) is 0.916. The standard InChI is InChI=1S/C14H18N2O2S/c1-15-10-13(8-9-19-2)16-14(17)18-11-12-6-4-3-5-7-12/h3-7,13H,8-11H2,2H3,(H,16,17). The minimum atomic E-state index is -0.460. The number of carbonyl (C=O) groups excluding carboxylic acids is 1. The van der Waals surface area contributed by atoms with Gasteiger partial charge >= 0.3 is 6.09 Å². The number of carbonyl (C=O) groups is 1. The average Bonchev–Trinajstić information content (AvgIpc) is 2.44. The zero-order valence-corrected chi connectivity index (χ0v) is 11.8. The predicted octanol–water partition coefficient (Wildman–Crippen LogP) is 2.95. The van der Waals surface area contributed by atoms with Gasteiger partial charge in [-0.25, -0.2) is 11.4 Å². The molecule has 0 heterocycles. The molecule has 0 aromatic heterocycles. The second-order valence-corrected chi connectivity index (χ2v) is 5.01. The van der Waals surface area contributed by atoms with E-state index in [9.17, 15) is 4.79 Å². The second kappa shape index (κ2) is 9.29. The summed E-state index contributed by atoms with van der Waals surface area (Å²) in [5, 5.41) is 2.73. The molecule has 5 heteroatoms. The first-order valence-electron chi connectivity index (χ1n) is 6.05. The van der Waals surface area contributed by atoms with E-state index in [1.165, 1.54) is 0 Å². The molecule has 0 bridgehead atoms. The van der Waals surface area contributed by atoms with E-state index in [1.54, 1.807) is 11.8 Å². The van der Waals surface area contributed by atoms with Crippen LogP contribution in [-0.2, 0) is 11.3 Å². The van der Waals surface area contributed by atoms with Crippen LogP contribution in [0.4, 0.5) is 4.79 Å². The van der Waals surface area contributed by atoms with Crippen LogP contribution in [0.5, 0.6) is 0 Å². The van der Waals surface area contributed by atoms with Crippen LogP contribution in [0.25, 0.3) is 4.85 Å². The maximum Gasteiger partial charge on any atom is 0.407 e. The lowest BCUT2D eigenvalue weighted by Crippen LogP contribution is -2.37. The Labute approximate surface area is 118 Å². The van der Waals surface area contributed by atoms with E-state index in [0.29, 0.717) is 6.54 Å². The highest BCUT2D eigenvalue weighted by Crippen LogP contribution is 2.03. The Kier molecular flexibility index (Phi) is 7.52. The summed E-state index contributed by atoms with van der Waals surface area (Å²) in [6.07, 6.45) is 2.32. The Morgan fingerprint density at radius 2 is 2.21 bits per heavy atom. The van der Waals surface area contributed by atoms with Crippen molar-refractivity contribution in [3.8, 4) is 0 Å². The van der Waals surface area contributed by atoms with Crippen LogP contribution < -0.4 is 5.32 Å². The summed E-state index contributed by atoms with van der Waals surface area (Å²) >= 11 is 1.70. The van der Waals surface area contributed by atoms with Gasteiger partial charge in [0.2, 0.25) is 6.54 Å². The zero-order valence-electron chi connectivity index (χ0n) is 11.0. The van der Waals surface area contributed by atoms with Crippen LogP contribution in [0.2, 0.25) is 0 Å². The first-order valence-corrected chi connectivity index (χ1v) is 7.45. The van der Waals surface area contributed by atoms with Crippen molar-refractivity contribution in [2.75, 3.05) is 18.6 Å². The Morgan fingerprint density at radius 1 is 1.47 bits per heavy atom. The lowest BCUT2D eigenvalue weighted by atomic mass is 10.2. The second-order valence-electron chi connectivity index (χ2n) is 4.03. The third kappa shape index (κ3) is 6.73. The molecule has 0 saturated carbocycles. The van der Waals surface area contributed by atoms with Gasteiger partial charge in [0.05, 0.1) is 0 Å². The van der Waals surface area contributed by atoms with Gasteiger partial charge in [-0.05, 0) is 24.0 Å². The zero-order chi connectivity index (χ0) is 13.9. The van der Waals surface area contributed by atoms with Crippen molar-refractivity contribution in [2.24, 2.45) is 0 Å². The molecule has 0 aliphatic heterocycles. The van der Waals surface area contributed by atoms with E-state index in [4.69, 9.17) is 11.3 Å². The van der Waals surface area contributed by atoms with Gasteiger partial charge in [-0.15, -0.1) is 0 Å². The number of hydrogen-bond acceptors (Lipinski definition) is 3. The summed E-state index contributed by atoms with van der Waals surface area (Å²) in [6, 6.07) is 9.38. The van der Waals surface area contributed by atoms with Crippen LogP contribution in [0.1, 0.15) is 12.0 Å². The summed E-state index contributed by atoms with van der Waals surface area (Å²) in [6.45, 7) is 7.42. The predicted molar refractivity (Wildman–Crippen MR) is 78.0 cm³/mol. The van der Waals surface area contributed by atoms with Crippen LogP contribution in [0.15, 0.2) is 30.3 Å². The van der Waals surface area contributed by atoms with Crippen molar-refractivity contribution in [2.45, 2.75) is 19.1 Å². The normalized spacial score (nSPS) is 11.4. The first kappa shape index (κ1) is 15.4. The van der Waals surface area contributed by atoms with Gasteiger partial charge in [0.15, 0.2) is 0 Å². The molecule has 0 fully saturated rings. The van der Waals surface area contributed by atoms with Gasteiger partial charge < -0.3 is 14.9 Å². The van der Waals surface area contributed by atoms with Crippen molar-refractivity contribution >= 4 is 17.9 Å². The Morgan fingerprint density at radius 3 is 2.84 bits per heavy atom. The number of thioether (sulfide) groups is 1. The fourth-order valence-corrected chi connectivity index (χ4v) is 2.03. The molecule has 1 unspecified atom stereocenters. The average molecular weight is 278 g/mol. The molecular formula is C14H18N2O2S. The molecule has 1 aromatic carbocycles. The van der Waals surface area contributed by atoms with Crippen LogP contribution in [-0.4, -0.2) is 30.7 Å². The molecule has 1 N–H and O–H groups in total. The van der Waals surface area contributed by atoms with Crippen molar-refractivity contribution in [1.82, 2.24) is 5.32 Å². The molecule has 0 radical (unpaired) electrons. The molecule has 0 saturated heterocycles. The van der Waals surface area contributed by atoms with E-state index in [1.807, 2.05) is 36.6 Å². The van der Waals surface area contributed by atoms with Crippen molar-refractivity contribution in [3.63, 3.8) is 0 Å². The summed E-state index contributed by atoms with van der Waals surface area (Å²) < 4.78 is 5.13. The lowest BCUT2D eigenvalue weighted by molar-refractivity contribution is 0.136. The summed E-state index contributed by atoms with van der Waals surface area (Å²) in [7, 11) is 0. The largest absolute Gasteiger partial charge is 0.445 e. The Bertz CT molecular complexity index is 417. The highest BCUT2D eigenvalue weighted by molar-refractivity contribution is 7.98. The maximum absolute atomic E-state index is 11.6. The number of ether oxygens (including phenoxy) is 1. The Balaban J connectivity index is 2.34. The molecular weight excluding hydrogens is 260 g/mol. The van der Waals surface area contributed by atoms with Crippen molar-refractivity contribution < 1.29 is 9.53 Å². The van der Waals surface area contributed by atoms with Gasteiger partial charge in [-0.1, -0.05) is 30.3 Å². The molecule has 1 aromatic rings. The molecule has 1 atom stereocenters.